The van der Waals surface area contributed by atoms with Crippen molar-refractivity contribution in [2.45, 2.75) is 19.3 Å². The molecule has 2 N–H and O–H groups in total. The van der Waals surface area contributed by atoms with Crippen LogP contribution in [0.3, 0.4) is 0 Å². The highest BCUT2D eigenvalue weighted by atomic mass is 19.4. The Bertz CT molecular complexity index is 1200. The summed E-state index contributed by atoms with van der Waals surface area (Å²) in [6, 6.07) is 9.63. The first-order chi connectivity index (χ1) is 17.7. The van der Waals surface area contributed by atoms with E-state index in [0.29, 0.717) is 55.2 Å². The lowest BCUT2D eigenvalue weighted by Crippen LogP contribution is -2.38. The minimum atomic E-state index is -4.77. The lowest BCUT2D eigenvalue weighted by Gasteiger charge is -2.28. The van der Waals surface area contributed by atoms with Gasteiger partial charge in [-0.2, -0.15) is 4.98 Å². The lowest BCUT2D eigenvalue weighted by atomic mass is 10.2. The van der Waals surface area contributed by atoms with Crippen molar-refractivity contribution < 1.29 is 32.2 Å². The number of morpholine rings is 1. The summed E-state index contributed by atoms with van der Waals surface area (Å²) >= 11 is 0. The van der Waals surface area contributed by atoms with Crippen LogP contribution in [0.2, 0.25) is 0 Å². The fourth-order valence-corrected chi connectivity index (χ4v) is 3.51. The van der Waals surface area contributed by atoms with Crippen LogP contribution in [0.4, 0.5) is 30.6 Å². The van der Waals surface area contributed by atoms with Gasteiger partial charge in [-0.3, -0.25) is 4.79 Å². The third-order valence-electron chi connectivity index (χ3n) is 5.38. The number of carbonyl (C=O) groups is 1. The molecule has 1 aliphatic rings. The molecule has 10 nitrogen and oxygen atoms in total. The normalized spacial score (nSPS) is 14.6. The summed E-state index contributed by atoms with van der Waals surface area (Å²) in [5.74, 6) is 0.642. The van der Waals surface area contributed by atoms with Crippen molar-refractivity contribution in [2.24, 2.45) is 0 Å². The first-order valence-electron chi connectivity index (χ1n) is 11.4. The third-order valence-corrected chi connectivity index (χ3v) is 5.38. The number of nitrogens with one attached hydrogen (secondary N) is 2. The van der Waals surface area contributed by atoms with Crippen LogP contribution >= 0.6 is 0 Å². The fraction of sp³-hybridized carbons (Fsp3) is 0.333. The highest BCUT2D eigenvalue weighted by molar-refractivity contribution is 5.92. The lowest BCUT2D eigenvalue weighted by molar-refractivity contribution is -0.274. The van der Waals surface area contributed by atoms with E-state index < -0.39 is 18.3 Å². The average molecular weight is 518 g/mol. The minimum Gasteiger partial charge on any atom is -0.495 e. The van der Waals surface area contributed by atoms with E-state index in [9.17, 15) is 18.0 Å². The van der Waals surface area contributed by atoms with Crippen LogP contribution in [0.5, 0.6) is 11.5 Å². The summed E-state index contributed by atoms with van der Waals surface area (Å²) in [4.78, 5) is 28.0. The zero-order chi connectivity index (χ0) is 26.4. The molecular weight excluding hydrogens is 493 g/mol. The van der Waals surface area contributed by atoms with E-state index in [0.717, 1.165) is 0 Å². The van der Waals surface area contributed by atoms with Crippen molar-refractivity contribution >= 4 is 23.4 Å². The van der Waals surface area contributed by atoms with E-state index in [1.165, 1.54) is 37.6 Å². The predicted molar refractivity (Wildman–Crippen MR) is 128 cm³/mol. The topological polar surface area (TPSA) is 111 Å². The average Bonchev–Trinajstić information content (AvgIpc) is 2.89. The number of anilines is 3. The van der Waals surface area contributed by atoms with Gasteiger partial charge in [-0.25, -0.2) is 9.97 Å². The molecule has 0 bridgehead atoms. The smallest absolute Gasteiger partial charge is 0.495 e. The molecule has 196 valence electrons. The van der Waals surface area contributed by atoms with E-state index in [-0.39, 0.29) is 11.4 Å². The van der Waals surface area contributed by atoms with Gasteiger partial charge in [0, 0.05) is 24.8 Å². The number of carbonyl (C=O) groups excluding carboxylic acids is 1. The van der Waals surface area contributed by atoms with Crippen molar-refractivity contribution in [3.8, 4) is 11.5 Å². The molecule has 0 radical (unpaired) electrons. The summed E-state index contributed by atoms with van der Waals surface area (Å²) in [5.41, 5.74) is 1.23. The van der Waals surface area contributed by atoms with Gasteiger partial charge in [0.1, 0.15) is 23.0 Å². The number of ether oxygens (including phenoxy) is 3. The summed E-state index contributed by atoms with van der Waals surface area (Å²) in [5, 5.41) is 5.96. The maximum absolute atomic E-state index is 12.7. The fourth-order valence-electron chi connectivity index (χ4n) is 3.51. The first kappa shape index (κ1) is 25.9. The van der Waals surface area contributed by atoms with Gasteiger partial charge in [0.15, 0.2) is 0 Å². The van der Waals surface area contributed by atoms with Crippen molar-refractivity contribution in [3.63, 3.8) is 0 Å². The van der Waals surface area contributed by atoms with Gasteiger partial charge in [0.25, 0.3) is 5.91 Å². The molecule has 4 rings (SSSR count). The van der Waals surface area contributed by atoms with Crippen LogP contribution in [0.15, 0.2) is 48.7 Å². The second-order valence-corrected chi connectivity index (χ2v) is 8.05. The Morgan fingerprint density at radius 3 is 2.41 bits per heavy atom. The molecule has 1 amide bonds. The summed E-state index contributed by atoms with van der Waals surface area (Å²) in [6.45, 7) is 3.99. The summed E-state index contributed by atoms with van der Waals surface area (Å²) < 4.78 is 51.8. The van der Waals surface area contributed by atoms with Gasteiger partial charge in [-0.05, 0) is 43.3 Å². The second-order valence-electron chi connectivity index (χ2n) is 8.05. The predicted octanol–water partition coefficient (Wildman–Crippen LogP) is 3.85. The Kier molecular flexibility index (Phi) is 7.92. The summed E-state index contributed by atoms with van der Waals surface area (Å²) in [6.07, 6.45) is -3.32. The number of rotatable bonds is 8. The number of nitrogens with zero attached hydrogens (tertiary/aromatic N) is 4. The number of pyridine rings is 1. The van der Waals surface area contributed by atoms with Crippen molar-refractivity contribution in [2.75, 3.05) is 43.6 Å². The molecule has 1 aromatic carbocycles. The molecule has 1 atom stereocenters. The molecule has 37 heavy (non-hydrogen) atoms. The quantitative estimate of drug-likeness (QED) is 0.459. The SMILES string of the molecule is COc1ccc(C(=O)N[C@@H](C)c2cc(Nc3ccc(OC(F)(F)F)cc3)nc(N3CCOCC3)n2)nc1. The molecule has 0 aliphatic carbocycles. The van der Waals surface area contributed by atoms with Crippen LogP contribution in [-0.4, -0.2) is 60.6 Å². The Labute approximate surface area is 210 Å². The molecule has 1 aliphatic heterocycles. The largest absolute Gasteiger partial charge is 0.573 e. The maximum Gasteiger partial charge on any atom is 0.573 e. The minimum absolute atomic E-state index is 0.217. The zero-order valence-corrected chi connectivity index (χ0v) is 20.1. The number of hydrogen-bond donors (Lipinski definition) is 2. The summed E-state index contributed by atoms with van der Waals surface area (Å²) in [7, 11) is 1.51. The third kappa shape index (κ3) is 7.19. The number of hydrogen-bond acceptors (Lipinski definition) is 9. The monoisotopic (exact) mass is 518 g/mol. The van der Waals surface area contributed by atoms with Crippen LogP contribution in [0, 0.1) is 0 Å². The first-order valence-corrected chi connectivity index (χ1v) is 11.4. The second kappa shape index (κ2) is 11.3. The van der Waals surface area contributed by atoms with Crippen LogP contribution < -0.4 is 25.0 Å². The van der Waals surface area contributed by atoms with Crippen molar-refractivity contribution in [1.29, 1.82) is 0 Å². The highest BCUT2D eigenvalue weighted by Crippen LogP contribution is 2.27. The van der Waals surface area contributed by atoms with E-state index in [4.69, 9.17) is 9.47 Å². The number of methoxy groups -OCH3 is 1. The van der Waals surface area contributed by atoms with E-state index in [1.54, 1.807) is 25.1 Å². The highest BCUT2D eigenvalue weighted by Gasteiger charge is 2.31. The molecule has 0 unspecified atom stereocenters. The van der Waals surface area contributed by atoms with E-state index in [2.05, 4.69) is 30.3 Å². The van der Waals surface area contributed by atoms with E-state index >= 15 is 0 Å². The number of amides is 1. The van der Waals surface area contributed by atoms with Crippen LogP contribution in [0.25, 0.3) is 0 Å². The van der Waals surface area contributed by atoms with Crippen molar-refractivity contribution in [1.82, 2.24) is 20.3 Å². The molecule has 0 spiro atoms. The Balaban J connectivity index is 1.55. The Morgan fingerprint density at radius 1 is 1.08 bits per heavy atom. The van der Waals surface area contributed by atoms with E-state index in [1.807, 2.05) is 4.90 Å². The molecule has 1 saturated heterocycles. The number of halogens is 3. The maximum atomic E-state index is 12.7. The van der Waals surface area contributed by atoms with Gasteiger partial charge in [0.05, 0.1) is 38.3 Å². The number of aromatic nitrogens is 3. The Hall–Kier alpha value is -4.13. The number of alkyl halides is 3. The van der Waals surface area contributed by atoms with Gasteiger partial charge in [0.2, 0.25) is 5.95 Å². The molecular formula is C24H25F3N6O4. The molecule has 1 fully saturated rings. The van der Waals surface area contributed by atoms with Crippen molar-refractivity contribution in [3.05, 3.63) is 60.0 Å². The van der Waals surface area contributed by atoms with Gasteiger partial charge < -0.3 is 29.7 Å². The molecule has 3 aromatic rings. The standard InChI is InChI=1S/C24H25F3N6O4/c1-15(29-22(34)19-8-7-18(35-2)14-28-19)20-13-21(32-23(31-20)33-9-11-36-12-10-33)30-16-3-5-17(6-4-16)37-24(25,26)27/h3-8,13-15H,9-12H2,1-2H3,(H,29,34)(H,30,31,32)/t15-/m0/s1. The molecule has 13 heteroatoms. The van der Waals surface area contributed by atoms with Crippen LogP contribution in [0.1, 0.15) is 29.1 Å². The zero-order valence-electron chi connectivity index (χ0n) is 20.1. The molecule has 3 heterocycles. The Morgan fingerprint density at radius 2 is 1.78 bits per heavy atom. The van der Waals surface area contributed by atoms with Gasteiger partial charge >= 0.3 is 6.36 Å². The number of benzene rings is 1. The van der Waals surface area contributed by atoms with Crippen LogP contribution in [-0.2, 0) is 4.74 Å². The molecule has 0 saturated carbocycles. The van der Waals surface area contributed by atoms with Gasteiger partial charge in [-0.15, -0.1) is 13.2 Å². The van der Waals surface area contributed by atoms with Gasteiger partial charge in [-0.1, -0.05) is 0 Å². The molecule has 2 aromatic heterocycles.